The molecule has 0 aliphatic carbocycles. The number of pyridine rings is 1. The highest BCUT2D eigenvalue weighted by Gasteiger charge is 2.06. The molecule has 0 amide bonds. The number of aromatic nitrogens is 1. The molecule has 1 aromatic carbocycles. The molecule has 0 saturated carbocycles. The van der Waals surface area contributed by atoms with Gasteiger partial charge in [0.2, 0.25) is 0 Å². The van der Waals surface area contributed by atoms with Gasteiger partial charge < -0.3 is 9.84 Å². The van der Waals surface area contributed by atoms with Gasteiger partial charge >= 0.3 is 5.97 Å². The van der Waals surface area contributed by atoms with Crippen LogP contribution in [-0.2, 0) is 11.4 Å². The van der Waals surface area contributed by atoms with Gasteiger partial charge in [0, 0.05) is 24.0 Å². The summed E-state index contributed by atoms with van der Waals surface area (Å²) in [4.78, 5) is 14.5. The Balaban J connectivity index is 2.19. The maximum Gasteiger partial charge on any atom is 0.328 e. The number of carbonyl (C=O) groups is 1. The molecule has 1 N–H and O–H groups in total. The Bertz CT molecular complexity index is 626. The highest BCUT2D eigenvalue weighted by molar-refractivity contribution is 9.10. The van der Waals surface area contributed by atoms with E-state index in [1.807, 2.05) is 24.3 Å². The zero-order valence-electron chi connectivity index (χ0n) is 10.5. The number of benzene rings is 1. The zero-order valence-corrected chi connectivity index (χ0v) is 12.1. The van der Waals surface area contributed by atoms with E-state index < -0.39 is 5.97 Å². The summed E-state index contributed by atoms with van der Waals surface area (Å²) in [6.45, 7) is 0.388. The maximum absolute atomic E-state index is 10.6. The third kappa shape index (κ3) is 3.93. The first-order chi connectivity index (χ1) is 9.66. The number of nitrogens with zero attached hydrogens (tertiary/aromatic N) is 1. The molecule has 20 heavy (non-hydrogen) atoms. The van der Waals surface area contributed by atoms with E-state index in [-0.39, 0.29) is 0 Å². The molecule has 0 atom stereocenters. The van der Waals surface area contributed by atoms with E-state index >= 15 is 0 Å². The molecule has 5 heteroatoms. The van der Waals surface area contributed by atoms with Crippen molar-refractivity contribution in [2.75, 3.05) is 0 Å². The van der Waals surface area contributed by atoms with E-state index in [0.29, 0.717) is 17.9 Å². The van der Waals surface area contributed by atoms with Crippen LogP contribution in [0.15, 0.2) is 53.3 Å². The van der Waals surface area contributed by atoms with E-state index in [9.17, 15) is 4.79 Å². The number of rotatable bonds is 5. The van der Waals surface area contributed by atoms with Crippen molar-refractivity contribution in [2.24, 2.45) is 0 Å². The van der Waals surface area contributed by atoms with Crippen molar-refractivity contribution >= 4 is 28.0 Å². The first kappa shape index (κ1) is 14.3. The number of halogens is 1. The van der Waals surface area contributed by atoms with Crippen molar-refractivity contribution in [3.63, 3.8) is 0 Å². The molecule has 102 valence electrons. The average Bonchev–Trinajstić information content (AvgIpc) is 2.45. The minimum atomic E-state index is -0.995. The first-order valence-corrected chi connectivity index (χ1v) is 6.67. The molecule has 1 aromatic heterocycles. The number of ether oxygens (including phenoxy) is 1. The van der Waals surface area contributed by atoms with Crippen LogP contribution in [0.25, 0.3) is 6.08 Å². The van der Waals surface area contributed by atoms with Crippen LogP contribution in [0.4, 0.5) is 0 Å². The molecule has 0 spiro atoms. The molecule has 2 aromatic rings. The van der Waals surface area contributed by atoms with Gasteiger partial charge in [0.05, 0.1) is 4.47 Å². The number of carboxylic acids is 1. The van der Waals surface area contributed by atoms with E-state index in [4.69, 9.17) is 9.84 Å². The number of aliphatic carboxylic acids is 1. The fraction of sp³-hybridized carbons (Fsp3) is 0.0667. The van der Waals surface area contributed by atoms with E-state index in [2.05, 4.69) is 20.9 Å². The molecular weight excluding hydrogens is 322 g/mol. The van der Waals surface area contributed by atoms with Crippen LogP contribution in [0.1, 0.15) is 11.1 Å². The molecule has 0 unspecified atom stereocenters. The fourth-order valence-electron chi connectivity index (χ4n) is 1.60. The van der Waals surface area contributed by atoms with Gasteiger partial charge in [-0.25, -0.2) is 4.79 Å². The van der Waals surface area contributed by atoms with Crippen LogP contribution in [0, 0.1) is 0 Å². The Hall–Kier alpha value is -2.14. The van der Waals surface area contributed by atoms with Gasteiger partial charge in [-0.15, -0.1) is 0 Å². The molecule has 0 bridgehead atoms. The van der Waals surface area contributed by atoms with Gasteiger partial charge in [-0.2, -0.15) is 0 Å². The number of hydrogen-bond donors (Lipinski definition) is 1. The van der Waals surface area contributed by atoms with Crippen LogP contribution in [0.5, 0.6) is 5.75 Å². The Kier molecular flexibility index (Phi) is 4.90. The summed E-state index contributed by atoms with van der Waals surface area (Å²) in [6.07, 6.45) is 5.99. The van der Waals surface area contributed by atoms with Crippen molar-refractivity contribution in [1.82, 2.24) is 4.98 Å². The molecule has 4 nitrogen and oxygen atoms in total. The third-order valence-corrected chi connectivity index (χ3v) is 3.16. The van der Waals surface area contributed by atoms with Crippen LogP contribution >= 0.6 is 15.9 Å². The lowest BCUT2D eigenvalue weighted by Gasteiger charge is -2.11. The summed E-state index contributed by atoms with van der Waals surface area (Å²) < 4.78 is 6.54. The van der Waals surface area contributed by atoms with Crippen LogP contribution in [0.3, 0.4) is 0 Å². The standard InChI is InChI=1S/C15H12BrNO3/c16-13-3-1-2-12(4-5-14(18)19)15(13)20-10-11-6-8-17-9-7-11/h1-9H,10H2,(H,18,19). The maximum atomic E-state index is 10.6. The van der Waals surface area contributed by atoms with Crippen molar-refractivity contribution in [1.29, 1.82) is 0 Å². The van der Waals surface area contributed by atoms with Gasteiger partial charge in [0.25, 0.3) is 0 Å². The van der Waals surface area contributed by atoms with Crippen molar-refractivity contribution in [3.8, 4) is 5.75 Å². The minimum Gasteiger partial charge on any atom is -0.487 e. The Morgan fingerprint density at radius 1 is 1.30 bits per heavy atom. The van der Waals surface area contributed by atoms with Crippen molar-refractivity contribution in [3.05, 3.63) is 64.4 Å². The highest BCUT2D eigenvalue weighted by Crippen LogP contribution is 2.30. The monoisotopic (exact) mass is 333 g/mol. The minimum absolute atomic E-state index is 0.388. The number of carboxylic acid groups (broad SMARTS) is 1. The summed E-state index contributed by atoms with van der Waals surface area (Å²) in [5, 5.41) is 8.70. The third-order valence-electron chi connectivity index (χ3n) is 2.54. The zero-order chi connectivity index (χ0) is 14.4. The second-order valence-electron chi connectivity index (χ2n) is 3.97. The Morgan fingerprint density at radius 2 is 2.05 bits per heavy atom. The average molecular weight is 334 g/mol. The Morgan fingerprint density at radius 3 is 2.75 bits per heavy atom. The van der Waals surface area contributed by atoms with Crippen LogP contribution in [-0.4, -0.2) is 16.1 Å². The van der Waals surface area contributed by atoms with Gasteiger partial charge in [0.1, 0.15) is 12.4 Å². The summed E-state index contributed by atoms with van der Waals surface area (Å²) in [7, 11) is 0. The molecular formula is C15H12BrNO3. The Labute approximate surface area is 124 Å². The quantitative estimate of drug-likeness (QED) is 0.850. The highest BCUT2D eigenvalue weighted by atomic mass is 79.9. The SMILES string of the molecule is O=C(O)C=Cc1cccc(Br)c1OCc1ccncc1. The van der Waals surface area contributed by atoms with E-state index in [1.54, 1.807) is 18.5 Å². The molecule has 1 heterocycles. The second-order valence-corrected chi connectivity index (χ2v) is 4.83. The summed E-state index contributed by atoms with van der Waals surface area (Å²) in [6, 6.07) is 9.20. The lowest BCUT2D eigenvalue weighted by Crippen LogP contribution is -1.98. The molecule has 0 aliphatic heterocycles. The fourth-order valence-corrected chi connectivity index (χ4v) is 2.10. The van der Waals surface area contributed by atoms with E-state index in [1.165, 1.54) is 6.08 Å². The smallest absolute Gasteiger partial charge is 0.328 e. The first-order valence-electron chi connectivity index (χ1n) is 5.88. The summed E-state index contributed by atoms with van der Waals surface area (Å²) in [5.74, 6) is -0.383. The predicted octanol–water partition coefficient (Wildman–Crippen LogP) is 3.52. The number of hydrogen-bond acceptors (Lipinski definition) is 3. The summed E-state index contributed by atoms with van der Waals surface area (Å²) >= 11 is 3.41. The topological polar surface area (TPSA) is 59.4 Å². The largest absolute Gasteiger partial charge is 0.487 e. The van der Waals surface area contributed by atoms with Crippen LogP contribution in [0.2, 0.25) is 0 Å². The molecule has 0 saturated heterocycles. The van der Waals surface area contributed by atoms with Crippen molar-refractivity contribution in [2.45, 2.75) is 6.61 Å². The second kappa shape index (κ2) is 6.86. The molecule has 2 rings (SSSR count). The van der Waals surface area contributed by atoms with Crippen LogP contribution < -0.4 is 4.74 Å². The molecule has 0 radical (unpaired) electrons. The van der Waals surface area contributed by atoms with Gasteiger partial charge in [-0.05, 0) is 45.8 Å². The van der Waals surface area contributed by atoms with Gasteiger partial charge in [-0.1, -0.05) is 12.1 Å². The molecule has 0 aliphatic rings. The normalized spacial score (nSPS) is 10.7. The van der Waals surface area contributed by atoms with E-state index in [0.717, 1.165) is 16.1 Å². The van der Waals surface area contributed by atoms with Gasteiger partial charge in [-0.3, -0.25) is 4.98 Å². The lowest BCUT2D eigenvalue weighted by atomic mass is 10.2. The van der Waals surface area contributed by atoms with Gasteiger partial charge in [0.15, 0.2) is 0 Å². The predicted molar refractivity (Wildman–Crippen MR) is 79.4 cm³/mol. The number of para-hydroxylation sites is 1. The molecule has 0 fully saturated rings. The lowest BCUT2D eigenvalue weighted by molar-refractivity contribution is -0.131. The summed E-state index contributed by atoms with van der Waals surface area (Å²) in [5.41, 5.74) is 1.69. The van der Waals surface area contributed by atoms with Crippen molar-refractivity contribution < 1.29 is 14.6 Å².